The van der Waals surface area contributed by atoms with Crippen molar-refractivity contribution in [1.29, 1.82) is 0 Å². The molecule has 2 N–H and O–H groups in total. The van der Waals surface area contributed by atoms with E-state index in [4.69, 9.17) is 12.2 Å². The second-order valence-electron chi connectivity index (χ2n) is 4.56. The predicted octanol–water partition coefficient (Wildman–Crippen LogP) is 2.52. The summed E-state index contributed by atoms with van der Waals surface area (Å²) in [6.45, 7) is 1.07. The minimum Gasteiger partial charge on any atom is -0.398 e. The van der Waals surface area contributed by atoms with Crippen LogP contribution in [0.1, 0.15) is 23.2 Å². The monoisotopic (exact) mass is 306 g/mol. The molecule has 0 atom stereocenters. The first-order chi connectivity index (χ1) is 8.61. The Balaban J connectivity index is 2.18. The van der Waals surface area contributed by atoms with E-state index in [0.29, 0.717) is 23.7 Å². The quantitative estimate of drug-likeness (QED) is 0.686. The van der Waals surface area contributed by atoms with Crippen LogP contribution in [0.4, 0.5) is 5.69 Å². The Labute approximate surface area is 115 Å². The molecule has 1 saturated carbocycles. The zero-order valence-corrected chi connectivity index (χ0v) is 11.6. The van der Waals surface area contributed by atoms with Gasteiger partial charge in [0.15, 0.2) is 0 Å². The van der Waals surface area contributed by atoms with Gasteiger partial charge in [0.2, 0.25) is 0 Å². The molecule has 1 aromatic carbocycles. The predicted molar refractivity (Wildman–Crippen MR) is 76.0 cm³/mol. The molecule has 3 nitrogen and oxygen atoms in total. The van der Waals surface area contributed by atoms with Crippen molar-refractivity contribution in [2.24, 2.45) is 5.92 Å². The summed E-state index contributed by atoms with van der Waals surface area (Å²) >= 11 is 3.33. The first kappa shape index (κ1) is 13.0. The fourth-order valence-electron chi connectivity index (χ4n) is 1.84. The smallest absolute Gasteiger partial charge is 0.256 e. The fraction of sp³-hybridized carbons (Fsp3) is 0.357. The van der Waals surface area contributed by atoms with E-state index in [1.807, 2.05) is 6.07 Å². The molecule has 0 spiro atoms. The normalized spacial score (nSPS) is 14.0. The lowest BCUT2D eigenvalue weighted by molar-refractivity contribution is 0.0771. The highest BCUT2D eigenvalue weighted by molar-refractivity contribution is 9.10. The van der Waals surface area contributed by atoms with Crippen LogP contribution >= 0.6 is 15.9 Å². The summed E-state index contributed by atoms with van der Waals surface area (Å²) in [6.07, 6.45) is 7.69. The molecule has 0 unspecified atom stereocenters. The molecule has 0 heterocycles. The maximum atomic E-state index is 12.4. The first-order valence-corrected chi connectivity index (χ1v) is 6.69. The van der Waals surface area contributed by atoms with Gasteiger partial charge < -0.3 is 10.6 Å². The lowest BCUT2D eigenvalue weighted by atomic mass is 10.1. The molecule has 0 aromatic heterocycles. The van der Waals surface area contributed by atoms with Crippen LogP contribution in [0, 0.1) is 18.3 Å². The zero-order valence-electron chi connectivity index (χ0n) is 10.0. The Morgan fingerprint density at radius 3 is 2.83 bits per heavy atom. The van der Waals surface area contributed by atoms with Gasteiger partial charge in [0.1, 0.15) is 0 Å². The largest absolute Gasteiger partial charge is 0.398 e. The topological polar surface area (TPSA) is 46.3 Å². The third-order valence-electron chi connectivity index (χ3n) is 2.99. The highest BCUT2D eigenvalue weighted by atomic mass is 79.9. The molecule has 0 aliphatic heterocycles. The highest BCUT2D eigenvalue weighted by Gasteiger charge is 2.27. The standard InChI is InChI=1S/C14H15BrN2O/c1-2-7-17(9-10-3-4-10)14(18)12-6-5-11(15)8-13(12)16/h1,5-6,8,10H,3-4,7,9,16H2. The number of nitrogens with two attached hydrogens (primary N) is 1. The molecule has 1 fully saturated rings. The van der Waals surface area contributed by atoms with Crippen molar-refractivity contribution in [2.75, 3.05) is 18.8 Å². The molecular formula is C14H15BrN2O. The molecule has 1 aliphatic carbocycles. The Morgan fingerprint density at radius 1 is 1.56 bits per heavy atom. The Bertz CT molecular complexity index is 503. The number of halogens is 1. The van der Waals surface area contributed by atoms with Crippen LogP contribution in [-0.4, -0.2) is 23.9 Å². The Hall–Kier alpha value is -1.47. The number of anilines is 1. The van der Waals surface area contributed by atoms with Gasteiger partial charge in [0.05, 0.1) is 12.1 Å². The Kier molecular flexibility index (Phi) is 3.93. The van der Waals surface area contributed by atoms with Gasteiger partial charge in [-0.3, -0.25) is 4.79 Å². The van der Waals surface area contributed by atoms with Gasteiger partial charge in [-0.1, -0.05) is 21.9 Å². The van der Waals surface area contributed by atoms with E-state index in [1.54, 1.807) is 17.0 Å². The molecule has 0 radical (unpaired) electrons. The summed E-state index contributed by atoms with van der Waals surface area (Å²) in [4.78, 5) is 14.1. The fourth-order valence-corrected chi connectivity index (χ4v) is 2.22. The van der Waals surface area contributed by atoms with Crippen LogP contribution in [0.2, 0.25) is 0 Å². The van der Waals surface area contributed by atoms with Crippen molar-refractivity contribution in [3.05, 3.63) is 28.2 Å². The number of nitrogen functional groups attached to an aromatic ring is 1. The number of rotatable bonds is 4. The van der Waals surface area contributed by atoms with E-state index in [9.17, 15) is 4.79 Å². The highest BCUT2D eigenvalue weighted by Crippen LogP contribution is 2.30. The summed E-state index contributed by atoms with van der Waals surface area (Å²) in [5.41, 5.74) is 6.87. The third-order valence-corrected chi connectivity index (χ3v) is 3.48. The molecule has 1 aliphatic rings. The molecule has 1 amide bonds. The van der Waals surface area contributed by atoms with E-state index in [1.165, 1.54) is 12.8 Å². The van der Waals surface area contributed by atoms with Crippen LogP contribution in [0.15, 0.2) is 22.7 Å². The summed E-state index contributed by atoms with van der Waals surface area (Å²) in [7, 11) is 0. The van der Waals surface area contributed by atoms with Gasteiger partial charge in [0, 0.05) is 16.7 Å². The average molecular weight is 307 g/mol. The number of amides is 1. The van der Waals surface area contributed by atoms with Crippen molar-refractivity contribution >= 4 is 27.5 Å². The van der Waals surface area contributed by atoms with Gasteiger partial charge >= 0.3 is 0 Å². The summed E-state index contributed by atoms with van der Waals surface area (Å²) in [5, 5.41) is 0. The van der Waals surface area contributed by atoms with Crippen LogP contribution < -0.4 is 5.73 Å². The van der Waals surface area contributed by atoms with E-state index < -0.39 is 0 Å². The maximum absolute atomic E-state index is 12.4. The number of carbonyl (C=O) groups excluding carboxylic acids is 1. The van der Waals surface area contributed by atoms with Gasteiger partial charge in [-0.25, -0.2) is 0 Å². The van der Waals surface area contributed by atoms with Crippen molar-refractivity contribution in [2.45, 2.75) is 12.8 Å². The maximum Gasteiger partial charge on any atom is 0.256 e. The van der Waals surface area contributed by atoms with Crippen molar-refractivity contribution in [3.63, 3.8) is 0 Å². The van der Waals surface area contributed by atoms with E-state index in [0.717, 1.165) is 11.0 Å². The van der Waals surface area contributed by atoms with Gasteiger partial charge in [-0.05, 0) is 37.0 Å². The number of carbonyl (C=O) groups is 1. The molecule has 0 saturated heterocycles. The lowest BCUT2D eigenvalue weighted by Crippen LogP contribution is -2.33. The number of nitrogens with zero attached hydrogens (tertiary/aromatic N) is 1. The summed E-state index contributed by atoms with van der Waals surface area (Å²) in [6, 6.07) is 5.28. The van der Waals surface area contributed by atoms with Crippen molar-refractivity contribution < 1.29 is 4.79 Å². The summed E-state index contributed by atoms with van der Waals surface area (Å²) in [5.74, 6) is 3.07. The molecule has 4 heteroatoms. The minimum absolute atomic E-state index is 0.0788. The average Bonchev–Trinajstić information content (AvgIpc) is 3.11. The molecule has 18 heavy (non-hydrogen) atoms. The summed E-state index contributed by atoms with van der Waals surface area (Å²) < 4.78 is 0.863. The second kappa shape index (κ2) is 5.45. The van der Waals surface area contributed by atoms with Gasteiger partial charge in [-0.2, -0.15) is 0 Å². The number of terminal acetylenes is 1. The van der Waals surface area contributed by atoms with Crippen LogP contribution in [-0.2, 0) is 0 Å². The van der Waals surface area contributed by atoms with Gasteiger partial charge in [0.25, 0.3) is 5.91 Å². The lowest BCUT2D eigenvalue weighted by Gasteiger charge is -2.21. The molecule has 1 aromatic rings. The molecular weight excluding hydrogens is 292 g/mol. The third kappa shape index (κ3) is 3.05. The van der Waals surface area contributed by atoms with Crippen LogP contribution in [0.25, 0.3) is 0 Å². The van der Waals surface area contributed by atoms with E-state index in [-0.39, 0.29) is 5.91 Å². The second-order valence-corrected chi connectivity index (χ2v) is 5.48. The van der Waals surface area contributed by atoms with E-state index in [2.05, 4.69) is 21.9 Å². The van der Waals surface area contributed by atoms with Crippen LogP contribution in [0.5, 0.6) is 0 Å². The van der Waals surface area contributed by atoms with E-state index >= 15 is 0 Å². The molecule has 94 valence electrons. The van der Waals surface area contributed by atoms with Crippen LogP contribution in [0.3, 0.4) is 0 Å². The first-order valence-electron chi connectivity index (χ1n) is 5.89. The number of hydrogen-bond acceptors (Lipinski definition) is 2. The van der Waals surface area contributed by atoms with Gasteiger partial charge in [-0.15, -0.1) is 6.42 Å². The Morgan fingerprint density at radius 2 is 2.28 bits per heavy atom. The van der Waals surface area contributed by atoms with Crippen molar-refractivity contribution in [1.82, 2.24) is 4.90 Å². The molecule has 0 bridgehead atoms. The number of benzene rings is 1. The molecule has 2 rings (SSSR count). The number of hydrogen-bond donors (Lipinski definition) is 1. The van der Waals surface area contributed by atoms with Crippen molar-refractivity contribution in [3.8, 4) is 12.3 Å². The SMILES string of the molecule is C#CCN(CC1CC1)C(=O)c1ccc(Br)cc1N. The minimum atomic E-state index is -0.0788. The zero-order chi connectivity index (χ0) is 13.1.